The maximum atomic E-state index is 8.16. The molecule has 0 saturated heterocycles. The topological polar surface area (TPSA) is 48.4 Å². The van der Waals surface area contributed by atoms with E-state index in [1.165, 1.54) is 33.0 Å². The fourth-order valence-corrected chi connectivity index (χ4v) is 2.79. The van der Waals surface area contributed by atoms with Crippen LogP contribution in [-0.2, 0) is 31.6 Å². The molecule has 0 aliphatic rings. The molecule has 0 atom stereocenters. The number of hydrogen-bond acceptors (Lipinski definition) is 1. The van der Waals surface area contributed by atoms with Crippen LogP contribution in [-0.4, -0.2) is 42.0 Å². The zero-order valence-corrected chi connectivity index (χ0v) is 24.5. The predicted molar refractivity (Wildman–Crippen MR) is 139 cm³/mol. The monoisotopic (exact) mass is 514 g/mol. The van der Waals surface area contributed by atoms with E-state index in [-0.39, 0.29) is 31.6 Å². The van der Waals surface area contributed by atoms with Gasteiger partial charge in [0.25, 0.3) is 0 Å². The van der Waals surface area contributed by atoms with Crippen LogP contribution < -0.4 is 0 Å². The number of hydrogen-bond donors (Lipinski definition) is 1. The standard InChI is InChI=1S/C20H21.2C2H6N.C2H7OSi.Zr/c1-14-12-16-6-5-7-18(19(16)13-14)15-8-10-17(11-9-15)20(2,3)4;2*1-3-2;1-4(2)3;/h5-13H,1-4H3;2*1-2H3;3H,1-2H3;/q3*-1;;+3. The number of fused-ring (bicyclic) bond motifs is 1. The van der Waals surface area contributed by atoms with Crippen molar-refractivity contribution >= 4 is 19.8 Å². The molecule has 2 radical (unpaired) electrons. The average Bonchev–Trinajstić information content (AvgIpc) is 3.02. The van der Waals surface area contributed by atoms with Crippen molar-refractivity contribution < 1.29 is 31.0 Å². The van der Waals surface area contributed by atoms with Crippen molar-refractivity contribution in [3.63, 3.8) is 0 Å². The minimum absolute atomic E-state index is 0. The van der Waals surface area contributed by atoms with Crippen molar-refractivity contribution in [1.29, 1.82) is 0 Å². The van der Waals surface area contributed by atoms with Gasteiger partial charge in [-0.05, 0) is 29.6 Å². The third-order valence-corrected chi connectivity index (χ3v) is 3.96. The van der Waals surface area contributed by atoms with Crippen LogP contribution in [0.3, 0.4) is 0 Å². The van der Waals surface area contributed by atoms with Crippen molar-refractivity contribution in [2.75, 3.05) is 28.2 Å². The van der Waals surface area contributed by atoms with E-state index >= 15 is 0 Å². The quantitative estimate of drug-likeness (QED) is 0.268. The second-order valence-corrected chi connectivity index (χ2v) is 10.4. The van der Waals surface area contributed by atoms with E-state index in [0.717, 1.165) is 0 Å². The predicted octanol–water partition coefficient (Wildman–Crippen LogP) is 7.30. The third kappa shape index (κ3) is 12.6. The summed E-state index contributed by atoms with van der Waals surface area (Å²) in [5.74, 6) is 0. The van der Waals surface area contributed by atoms with Crippen molar-refractivity contribution in [2.45, 2.75) is 46.2 Å². The Morgan fingerprint density at radius 1 is 0.871 bits per heavy atom. The Balaban J connectivity index is 0. The van der Waals surface area contributed by atoms with Crippen LogP contribution in [0.4, 0.5) is 0 Å². The first kappa shape index (κ1) is 32.2. The molecule has 0 spiro atoms. The van der Waals surface area contributed by atoms with Gasteiger partial charge in [-0.1, -0.05) is 63.6 Å². The van der Waals surface area contributed by atoms with Gasteiger partial charge in [-0.2, -0.15) is 34.3 Å². The van der Waals surface area contributed by atoms with Crippen molar-refractivity contribution in [3.05, 3.63) is 76.4 Å². The molecule has 3 rings (SSSR count). The molecule has 0 fully saturated rings. The molecular formula is C26H40N2OSiZr. The number of nitrogens with zero attached hydrogens (tertiary/aromatic N) is 2. The fourth-order valence-electron chi connectivity index (χ4n) is 2.79. The van der Waals surface area contributed by atoms with Gasteiger partial charge in [-0.25, -0.2) is 0 Å². The van der Waals surface area contributed by atoms with Crippen LogP contribution in [0, 0.1) is 6.92 Å². The molecular weight excluding hydrogens is 476 g/mol. The zero-order valence-electron chi connectivity index (χ0n) is 21.0. The first-order chi connectivity index (χ1) is 14.0. The molecule has 1 N–H and O–H groups in total. The Morgan fingerprint density at radius 2 is 1.32 bits per heavy atom. The van der Waals surface area contributed by atoms with Gasteiger partial charge >= 0.3 is 26.2 Å². The Kier molecular flexibility index (Phi) is 17.3. The Bertz CT molecular complexity index is 832. The van der Waals surface area contributed by atoms with Crippen molar-refractivity contribution in [1.82, 2.24) is 0 Å². The van der Waals surface area contributed by atoms with E-state index in [9.17, 15) is 0 Å². The Hall–Kier alpha value is -0.970. The summed E-state index contributed by atoms with van der Waals surface area (Å²) in [5, 5.41) is 9.69. The number of aryl methyl sites for hydroxylation is 1. The maximum Gasteiger partial charge on any atom is 3.00 e. The van der Waals surface area contributed by atoms with Gasteiger partial charge in [0.15, 0.2) is 9.04 Å². The Labute approximate surface area is 211 Å². The molecule has 0 bridgehead atoms. The Morgan fingerprint density at radius 3 is 1.74 bits per heavy atom. The number of benzene rings is 2. The summed E-state index contributed by atoms with van der Waals surface area (Å²) in [5.41, 5.74) is 5.55. The van der Waals surface area contributed by atoms with E-state index in [1.807, 2.05) is 13.1 Å². The molecule has 0 aliphatic carbocycles. The second kappa shape index (κ2) is 16.6. The fraction of sp³-hybridized carbons (Fsp3) is 0.423. The van der Waals surface area contributed by atoms with E-state index in [4.69, 9.17) is 4.80 Å². The van der Waals surface area contributed by atoms with Gasteiger partial charge < -0.3 is 15.4 Å². The van der Waals surface area contributed by atoms with Gasteiger partial charge in [0.2, 0.25) is 0 Å². The third-order valence-electron chi connectivity index (χ3n) is 3.96. The summed E-state index contributed by atoms with van der Waals surface area (Å²) in [6.07, 6.45) is 0. The summed E-state index contributed by atoms with van der Waals surface area (Å²) in [6.45, 7) is 12.6. The van der Waals surface area contributed by atoms with E-state index in [2.05, 4.69) is 92.9 Å². The molecule has 3 aromatic carbocycles. The van der Waals surface area contributed by atoms with Gasteiger partial charge in [0.05, 0.1) is 0 Å². The van der Waals surface area contributed by atoms with E-state index in [1.54, 1.807) is 28.2 Å². The van der Waals surface area contributed by atoms with Crippen LogP contribution in [0.1, 0.15) is 31.9 Å². The molecule has 3 aromatic rings. The molecule has 0 aliphatic heterocycles. The molecule has 31 heavy (non-hydrogen) atoms. The van der Waals surface area contributed by atoms with Crippen LogP contribution in [0.5, 0.6) is 0 Å². The average molecular weight is 516 g/mol. The molecule has 5 heteroatoms. The molecule has 0 heterocycles. The molecule has 0 amide bonds. The second-order valence-electron chi connectivity index (χ2n) is 8.51. The van der Waals surface area contributed by atoms with Crippen LogP contribution in [0.2, 0.25) is 13.1 Å². The van der Waals surface area contributed by atoms with Crippen LogP contribution in [0.15, 0.2) is 54.6 Å². The first-order valence-electron chi connectivity index (χ1n) is 10.2. The summed E-state index contributed by atoms with van der Waals surface area (Å²) in [7, 11) is 6.12. The summed E-state index contributed by atoms with van der Waals surface area (Å²) >= 11 is 0. The van der Waals surface area contributed by atoms with Crippen LogP contribution >= 0.6 is 0 Å². The van der Waals surface area contributed by atoms with Crippen LogP contribution in [0.25, 0.3) is 32.5 Å². The number of rotatable bonds is 1. The van der Waals surface area contributed by atoms with Gasteiger partial charge in [0.1, 0.15) is 0 Å². The van der Waals surface area contributed by atoms with Gasteiger partial charge in [-0.3, -0.25) is 0 Å². The van der Waals surface area contributed by atoms with Gasteiger partial charge in [0, 0.05) is 0 Å². The SMILES string of the molecule is C[N-]C.C[N-]C.C[Si](C)O.Cc1cc2c(-c3ccc(C(C)(C)C)cc3)cccc2[cH-]1.[Zr+3]. The smallest absolute Gasteiger partial charge is 0.668 e. The summed E-state index contributed by atoms with van der Waals surface area (Å²) in [4.78, 5) is 8.16. The summed E-state index contributed by atoms with van der Waals surface area (Å²) in [6, 6.07) is 20.1. The molecule has 0 aromatic heterocycles. The first-order valence-corrected chi connectivity index (χ1v) is 12.7. The van der Waals surface area contributed by atoms with Gasteiger partial charge in [-0.15, -0.1) is 34.5 Å². The minimum atomic E-state index is -0.880. The molecule has 0 saturated carbocycles. The van der Waals surface area contributed by atoms with Crippen molar-refractivity contribution in [2.24, 2.45) is 0 Å². The maximum absolute atomic E-state index is 8.16. The summed E-state index contributed by atoms with van der Waals surface area (Å²) < 4.78 is 0. The largest absolute Gasteiger partial charge is 3.00 e. The normalized spacial score (nSPS) is 10.1. The molecule has 168 valence electrons. The van der Waals surface area contributed by atoms with E-state index < -0.39 is 9.04 Å². The minimum Gasteiger partial charge on any atom is -0.668 e. The van der Waals surface area contributed by atoms with E-state index in [0.29, 0.717) is 0 Å². The molecule has 3 nitrogen and oxygen atoms in total. The zero-order chi connectivity index (χ0) is 23.3. The molecule has 0 unspecified atom stereocenters. The van der Waals surface area contributed by atoms with Crippen molar-refractivity contribution in [3.8, 4) is 11.1 Å².